The van der Waals surface area contributed by atoms with E-state index in [1.165, 1.54) is 17.5 Å². The van der Waals surface area contributed by atoms with E-state index in [-0.39, 0.29) is 10.9 Å². The lowest BCUT2D eigenvalue weighted by Crippen LogP contribution is -2.48. The number of carboxylic acid groups (broad SMARTS) is 1. The molecule has 1 aliphatic rings. The van der Waals surface area contributed by atoms with Crippen molar-refractivity contribution in [1.82, 2.24) is 14.5 Å². The number of benzene rings is 1. The van der Waals surface area contributed by atoms with Crippen LogP contribution in [0.4, 0.5) is 10.1 Å². The number of halogens is 1. The van der Waals surface area contributed by atoms with Gasteiger partial charge in [0.1, 0.15) is 28.7 Å². The minimum absolute atomic E-state index is 0.0712. The highest BCUT2D eigenvalue weighted by molar-refractivity contribution is 7.11. The number of carboxylic acids is 1. The second kappa shape index (κ2) is 10.3. The maximum atomic E-state index is 15.1. The van der Waals surface area contributed by atoms with Gasteiger partial charge >= 0.3 is 5.97 Å². The van der Waals surface area contributed by atoms with Gasteiger partial charge in [0.15, 0.2) is 0 Å². The lowest BCUT2D eigenvalue weighted by atomic mass is 10.1. The number of rotatable bonds is 8. The Kier molecular flexibility index (Phi) is 7.23. The third kappa shape index (κ3) is 4.80. The summed E-state index contributed by atoms with van der Waals surface area (Å²) in [5, 5.41) is 16.3. The van der Waals surface area contributed by atoms with Crippen LogP contribution in [0.1, 0.15) is 29.2 Å². The zero-order chi connectivity index (χ0) is 24.2. The Balaban J connectivity index is 1.55. The Morgan fingerprint density at radius 1 is 1.26 bits per heavy atom. The first-order valence-electron chi connectivity index (χ1n) is 11.1. The quantitative estimate of drug-likeness (QED) is 0.385. The summed E-state index contributed by atoms with van der Waals surface area (Å²) in [7, 11) is 0. The summed E-state index contributed by atoms with van der Waals surface area (Å²) in [5.74, 6) is -1.86. The SMILES string of the molecule is CCO/N=C(\CN1CCN(c2cc3c(cc2F)c(=O)c(C(=O)O)cn3CC)CC1)c1nccs1. The van der Waals surface area contributed by atoms with Gasteiger partial charge in [0.2, 0.25) is 5.43 Å². The zero-order valence-corrected chi connectivity index (χ0v) is 19.8. The van der Waals surface area contributed by atoms with E-state index in [1.54, 1.807) is 16.8 Å². The molecular weight excluding hydrogens is 461 g/mol. The summed E-state index contributed by atoms with van der Waals surface area (Å²) in [6.45, 7) is 7.78. The van der Waals surface area contributed by atoms with Gasteiger partial charge in [-0.05, 0) is 26.0 Å². The monoisotopic (exact) mass is 487 g/mol. The number of oxime groups is 1. The number of hydrogen-bond acceptors (Lipinski definition) is 8. The fourth-order valence-corrected chi connectivity index (χ4v) is 4.67. The molecule has 0 radical (unpaired) electrons. The van der Waals surface area contributed by atoms with Crippen molar-refractivity contribution in [2.45, 2.75) is 20.4 Å². The number of aryl methyl sites for hydroxylation is 1. The molecule has 4 rings (SSSR count). The molecule has 9 nitrogen and oxygen atoms in total. The number of anilines is 1. The summed E-state index contributed by atoms with van der Waals surface area (Å²) in [6, 6.07) is 2.81. The summed E-state index contributed by atoms with van der Waals surface area (Å²) in [6.07, 6.45) is 3.06. The van der Waals surface area contributed by atoms with Gasteiger partial charge in [-0.2, -0.15) is 0 Å². The van der Waals surface area contributed by atoms with E-state index in [2.05, 4.69) is 15.0 Å². The summed E-state index contributed by atoms with van der Waals surface area (Å²) >= 11 is 1.50. The van der Waals surface area contributed by atoms with Gasteiger partial charge in [-0.25, -0.2) is 14.2 Å². The number of hydrogen-bond donors (Lipinski definition) is 1. The second-order valence-corrected chi connectivity index (χ2v) is 8.73. The topological polar surface area (TPSA) is 100 Å². The molecule has 1 aromatic carbocycles. The molecule has 0 spiro atoms. The van der Waals surface area contributed by atoms with E-state index in [1.807, 2.05) is 24.1 Å². The second-order valence-electron chi connectivity index (χ2n) is 7.84. The average Bonchev–Trinajstić information content (AvgIpc) is 3.37. The number of aromatic carboxylic acids is 1. The molecule has 0 saturated carbocycles. The zero-order valence-electron chi connectivity index (χ0n) is 19.0. The largest absolute Gasteiger partial charge is 0.477 e. The van der Waals surface area contributed by atoms with Crippen LogP contribution in [0.15, 0.2) is 39.9 Å². The van der Waals surface area contributed by atoms with Crippen molar-refractivity contribution in [3.05, 3.63) is 56.5 Å². The van der Waals surface area contributed by atoms with Gasteiger partial charge in [-0.1, -0.05) is 5.16 Å². The van der Waals surface area contributed by atoms with Crippen LogP contribution in [0.3, 0.4) is 0 Å². The number of nitrogens with zero attached hydrogens (tertiary/aromatic N) is 5. The van der Waals surface area contributed by atoms with E-state index < -0.39 is 17.2 Å². The molecule has 1 fully saturated rings. The van der Waals surface area contributed by atoms with Crippen LogP contribution in [0.5, 0.6) is 0 Å². The van der Waals surface area contributed by atoms with Gasteiger partial charge in [0, 0.05) is 62.4 Å². The van der Waals surface area contributed by atoms with Crippen LogP contribution < -0.4 is 10.3 Å². The molecule has 180 valence electrons. The highest BCUT2D eigenvalue weighted by Crippen LogP contribution is 2.26. The molecule has 11 heteroatoms. The minimum Gasteiger partial charge on any atom is -0.477 e. The molecule has 0 aliphatic carbocycles. The molecule has 1 aliphatic heterocycles. The van der Waals surface area contributed by atoms with Crippen molar-refractivity contribution in [1.29, 1.82) is 0 Å². The van der Waals surface area contributed by atoms with E-state index in [9.17, 15) is 14.7 Å². The molecular formula is C23H26FN5O4S. The Labute approximate surface area is 199 Å². The predicted molar refractivity (Wildman–Crippen MR) is 130 cm³/mol. The number of fused-ring (bicyclic) bond motifs is 1. The number of thiazole rings is 1. The first-order chi connectivity index (χ1) is 16.4. The van der Waals surface area contributed by atoms with Crippen LogP contribution >= 0.6 is 11.3 Å². The summed E-state index contributed by atoms with van der Waals surface area (Å²) in [5.41, 5.74) is 0.653. The Hall–Kier alpha value is -3.31. The molecule has 3 heterocycles. The predicted octanol–water partition coefficient (Wildman–Crippen LogP) is 2.88. The van der Waals surface area contributed by atoms with Crippen LogP contribution in [0.25, 0.3) is 10.9 Å². The summed E-state index contributed by atoms with van der Waals surface area (Å²) < 4.78 is 16.8. The first-order valence-corrected chi connectivity index (χ1v) is 12.0. The highest BCUT2D eigenvalue weighted by atomic mass is 32.1. The van der Waals surface area contributed by atoms with Gasteiger partial charge < -0.3 is 19.4 Å². The minimum atomic E-state index is -1.32. The van der Waals surface area contributed by atoms with Crippen molar-refractivity contribution in [3.63, 3.8) is 0 Å². The third-order valence-corrected chi connectivity index (χ3v) is 6.61. The van der Waals surface area contributed by atoms with Crippen LogP contribution in [-0.2, 0) is 11.4 Å². The van der Waals surface area contributed by atoms with Crippen molar-refractivity contribution in [2.75, 3.05) is 44.2 Å². The molecule has 2 aromatic heterocycles. The Morgan fingerprint density at radius 2 is 2.03 bits per heavy atom. The summed E-state index contributed by atoms with van der Waals surface area (Å²) in [4.78, 5) is 37.8. The van der Waals surface area contributed by atoms with E-state index in [0.29, 0.717) is 57.1 Å². The molecule has 1 N–H and O–H groups in total. The maximum Gasteiger partial charge on any atom is 0.341 e. The van der Waals surface area contributed by atoms with E-state index >= 15 is 4.39 Å². The maximum absolute atomic E-state index is 15.1. The normalized spacial score (nSPS) is 15.1. The van der Waals surface area contributed by atoms with Crippen LogP contribution in [0, 0.1) is 5.82 Å². The molecule has 0 amide bonds. The Morgan fingerprint density at radius 3 is 2.65 bits per heavy atom. The molecule has 1 saturated heterocycles. The molecule has 34 heavy (non-hydrogen) atoms. The molecule has 0 unspecified atom stereocenters. The number of aromatic nitrogens is 2. The number of piperazine rings is 1. The van der Waals surface area contributed by atoms with Crippen LogP contribution in [0.2, 0.25) is 0 Å². The standard InChI is InChI=1S/C23H26FN5O4S/c1-3-28-13-16(23(31)32)21(30)15-11-17(24)20(12-19(15)28)29-8-6-27(7-9-29)14-18(26-33-4-2)22-25-5-10-34-22/h5,10-13H,3-4,6-9,14H2,1-2H3,(H,31,32)/b26-18+. The number of pyridine rings is 1. The van der Waals surface area contributed by atoms with Gasteiger partial charge in [0.25, 0.3) is 0 Å². The number of carbonyl (C=O) groups is 1. The van der Waals surface area contributed by atoms with Crippen LogP contribution in [-0.4, -0.2) is 70.6 Å². The van der Waals surface area contributed by atoms with Gasteiger partial charge in [-0.15, -0.1) is 11.3 Å². The lowest BCUT2D eigenvalue weighted by molar-refractivity contribution is 0.0695. The van der Waals surface area contributed by atoms with Crippen molar-refractivity contribution >= 4 is 39.6 Å². The lowest BCUT2D eigenvalue weighted by Gasteiger charge is -2.36. The smallest absolute Gasteiger partial charge is 0.341 e. The van der Waals surface area contributed by atoms with Crippen molar-refractivity contribution in [3.8, 4) is 0 Å². The average molecular weight is 488 g/mol. The molecule has 3 aromatic rings. The van der Waals surface area contributed by atoms with E-state index in [4.69, 9.17) is 4.84 Å². The molecule has 0 bridgehead atoms. The first kappa shape index (κ1) is 23.8. The Bertz CT molecular complexity index is 1270. The van der Waals surface area contributed by atoms with Gasteiger partial charge in [0.05, 0.1) is 11.2 Å². The fourth-order valence-electron chi connectivity index (χ4n) is 4.06. The van der Waals surface area contributed by atoms with E-state index in [0.717, 1.165) is 16.8 Å². The highest BCUT2D eigenvalue weighted by Gasteiger charge is 2.24. The van der Waals surface area contributed by atoms with Crippen molar-refractivity contribution < 1.29 is 19.1 Å². The fraction of sp³-hybridized carbons (Fsp3) is 0.391. The third-order valence-electron chi connectivity index (χ3n) is 5.79. The van der Waals surface area contributed by atoms with Crippen molar-refractivity contribution in [2.24, 2.45) is 5.16 Å². The van der Waals surface area contributed by atoms with Gasteiger partial charge in [-0.3, -0.25) is 9.69 Å². The molecule has 0 atom stereocenters.